The summed E-state index contributed by atoms with van der Waals surface area (Å²) in [4.78, 5) is 0. The fourth-order valence-corrected chi connectivity index (χ4v) is 1.69. The molecule has 0 radical (unpaired) electrons. The van der Waals surface area contributed by atoms with Crippen LogP contribution in [0.2, 0.25) is 5.02 Å². The highest BCUT2D eigenvalue weighted by Crippen LogP contribution is 2.27. The first kappa shape index (κ1) is 11.6. The molecule has 2 N–H and O–H groups in total. The van der Waals surface area contributed by atoms with Crippen molar-refractivity contribution in [1.29, 1.82) is 0 Å². The highest BCUT2D eigenvalue weighted by molar-refractivity contribution is 9.10. The highest BCUT2D eigenvalue weighted by Gasteiger charge is 1.99. The SMILES string of the molecule is NCC=CCOc1ccc(Cl)cc1Br. The van der Waals surface area contributed by atoms with Gasteiger partial charge >= 0.3 is 0 Å². The van der Waals surface area contributed by atoms with Crippen LogP contribution in [-0.2, 0) is 0 Å². The largest absolute Gasteiger partial charge is 0.488 e. The summed E-state index contributed by atoms with van der Waals surface area (Å²) in [6.45, 7) is 1.04. The summed E-state index contributed by atoms with van der Waals surface area (Å²) in [7, 11) is 0. The molecule has 2 nitrogen and oxygen atoms in total. The molecule has 1 aromatic carbocycles. The van der Waals surface area contributed by atoms with Gasteiger partial charge in [-0.05, 0) is 34.1 Å². The lowest BCUT2D eigenvalue weighted by atomic mass is 10.3. The van der Waals surface area contributed by atoms with Gasteiger partial charge in [0.25, 0.3) is 0 Å². The monoisotopic (exact) mass is 275 g/mol. The van der Waals surface area contributed by atoms with Crippen LogP contribution >= 0.6 is 27.5 Å². The normalized spacial score (nSPS) is 10.8. The van der Waals surface area contributed by atoms with Crippen LogP contribution < -0.4 is 10.5 Å². The van der Waals surface area contributed by atoms with E-state index in [-0.39, 0.29) is 0 Å². The van der Waals surface area contributed by atoms with E-state index in [1.165, 1.54) is 0 Å². The smallest absolute Gasteiger partial charge is 0.134 e. The molecule has 1 rings (SSSR count). The van der Waals surface area contributed by atoms with Crippen molar-refractivity contribution in [3.63, 3.8) is 0 Å². The zero-order valence-corrected chi connectivity index (χ0v) is 9.88. The molecular weight excluding hydrogens is 265 g/mol. The van der Waals surface area contributed by atoms with Gasteiger partial charge in [0.05, 0.1) is 4.47 Å². The van der Waals surface area contributed by atoms with E-state index in [1.807, 2.05) is 18.2 Å². The summed E-state index contributed by atoms with van der Waals surface area (Å²) in [6.07, 6.45) is 3.73. The average molecular weight is 277 g/mol. The number of hydrogen-bond acceptors (Lipinski definition) is 2. The molecule has 0 aliphatic heterocycles. The van der Waals surface area contributed by atoms with Crippen molar-refractivity contribution in [1.82, 2.24) is 0 Å². The van der Waals surface area contributed by atoms with E-state index in [1.54, 1.807) is 12.1 Å². The Labute approximate surface area is 96.8 Å². The van der Waals surface area contributed by atoms with Gasteiger partial charge in [-0.25, -0.2) is 0 Å². The molecule has 0 saturated heterocycles. The average Bonchev–Trinajstić information content (AvgIpc) is 2.15. The fraction of sp³-hybridized carbons (Fsp3) is 0.200. The van der Waals surface area contributed by atoms with Crippen LogP contribution in [0.5, 0.6) is 5.75 Å². The molecule has 0 heterocycles. The molecule has 0 saturated carbocycles. The molecule has 0 aromatic heterocycles. The molecule has 0 unspecified atom stereocenters. The van der Waals surface area contributed by atoms with Crippen molar-refractivity contribution < 1.29 is 4.74 Å². The summed E-state index contributed by atoms with van der Waals surface area (Å²) >= 11 is 9.14. The predicted octanol–water partition coefficient (Wildman–Crippen LogP) is 3.00. The Morgan fingerprint density at radius 2 is 2.21 bits per heavy atom. The molecule has 0 aliphatic carbocycles. The molecular formula is C10H11BrClNO. The Kier molecular flexibility index (Phi) is 5.01. The zero-order chi connectivity index (χ0) is 10.4. The minimum Gasteiger partial charge on any atom is -0.488 e. The van der Waals surface area contributed by atoms with Gasteiger partial charge in [-0.3, -0.25) is 0 Å². The Bertz CT molecular complexity index is 328. The maximum Gasteiger partial charge on any atom is 0.134 e. The third-order valence-corrected chi connectivity index (χ3v) is 2.39. The molecule has 0 bridgehead atoms. The second-order valence-corrected chi connectivity index (χ2v) is 3.88. The van der Waals surface area contributed by atoms with Crippen molar-refractivity contribution in [2.75, 3.05) is 13.2 Å². The quantitative estimate of drug-likeness (QED) is 0.858. The highest BCUT2D eigenvalue weighted by atomic mass is 79.9. The van der Waals surface area contributed by atoms with E-state index in [0.717, 1.165) is 10.2 Å². The molecule has 0 spiro atoms. The van der Waals surface area contributed by atoms with Gasteiger partial charge in [0, 0.05) is 11.6 Å². The molecule has 0 aliphatic rings. The Morgan fingerprint density at radius 3 is 2.86 bits per heavy atom. The molecule has 0 fully saturated rings. The van der Waals surface area contributed by atoms with Crippen molar-refractivity contribution in [3.8, 4) is 5.75 Å². The molecule has 0 amide bonds. The van der Waals surface area contributed by atoms with E-state index in [0.29, 0.717) is 18.2 Å². The summed E-state index contributed by atoms with van der Waals surface area (Å²) in [5.74, 6) is 0.774. The van der Waals surface area contributed by atoms with Crippen LogP contribution in [0.25, 0.3) is 0 Å². The number of rotatable bonds is 4. The minimum atomic E-state index is 0.511. The number of hydrogen-bond donors (Lipinski definition) is 1. The Hall–Kier alpha value is -0.510. The van der Waals surface area contributed by atoms with E-state index < -0.39 is 0 Å². The van der Waals surface area contributed by atoms with E-state index in [9.17, 15) is 0 Å². The van der Waals surface area contributed by atoms with Crippen LogP contribution in [0, 0.1) is 0 Å². The lowest BCUT2D eigenvalue weighted by molar-refractivity contribution is 0.360. The van der Waals surface area contributed by atoms with Gasteiger partial charge < -0.3 is 10.5 Å². The van der Waals surface area contributed by atoms with Gasteiger partial charge in [0.2, 0.25) is 0 Å². The second-order valence-electron chi connectivity index (χ2n) is 2.59. The summed E-state index contributed by atoms with van der Waals surface area (Å²) < 4.78 is 6.30. The first-order valence-corrected chi connectivity index (χ1v) is 5.34. The van der Waals surface area contributed by atoms with Gasteiger partial charge in [-0.15, -0.1) is 0 Å². The maximum absolute atomic E-state index is 5.78. The fourth-order valence-electron chi connectivity index (χ4n) is 0.894. The first-order chi connectivity index (χ1) is 6.74. The topological polar surface area (TPSA) is 35.2 Å². The summed E-state index contributed by atoms with van der Waals surface area (Å²) in [6, 6.07) is 5.40. The molecule has 14 heavy (non-hydrogen) atoms. The minimum absolute atomic E-state index is 0.511. The van der Waals surface area contributed by atoms with Crippen molar-refractivity contribution >= 4 is 27.5 Å². The standard InChI is InChI=1S/C10H11BrClNO/c11-9-7-8(12)3-4-10(9)14-6-2-1-5-13/h1-4,7H,5-6,13H2. The lowest BCUT2D eigenvalue weighted by Crippen LogP contribution is -1.97. The maximum atomic E-state index is 5.78. The van der Waals surface area contributed by atoms with Gasteiger partial charge in [-0.2, -0.15) is 0 Å². The number of nitrogens with two attached hydrogens (primary N) is 1. The number of ether oxygens (including phenoxy) is 1. The van der Waals surface area contributed by atoms with Crippen molar-refractivity contribution in [2.45, 2.75) is 0 Å². The summed E-state index contributed by atoms with van der Waals surface area (Å²) in [5, 5.41) is 0.682. The first-order valence-electron chi connectivity index (χ1n) is 4.17. The molecule has 0 atom stereocenters. The summed E-state index contributed by atoms with van der Waals surface area (Å²) in [5.41, 5.74) is 5.29. The van der Waals surface area contributed by atoms with Crippen molar-refractivity contribution in [3.05, 3.63) is 39.8 Å². The van der Waals surface area contributed by atoms with Gasteiger partial charge in [0.1, 0.15) is 12.4 Å². The third-order valence-electron chi connectivity index (χ3n) is 1.53. The van der Waals surface area contributed by atoms with Gasteiger partial charge in [-0.1, -0.05) is 23.8 Å². The molecule has 1 aromatic rings. The van der Waals surface area contributed by atoms with E-state index in [4.69, 9.17) is 22.1 Å². The molecule has 76 valence electrons. The molecule has 4 heteroatoms. The van der Waals surface area contributed by atoms with Crippen LogP contribution in [0.4, 0.5) is 0 Å². The van der Waals surface area contributed by atoms with E-state index in [2.05, 4.69) is 15.9 Å². The Morgan fingerprint density at radius 1 is 1.43 bits per heavy atom. The van der Waals surface area contributed by atoms with Crippen LogP contribution in [0.1, 0.15) is 0 Å². The Balaban J connectivity index is 2.55. The lowest BCUT2D eigenvalue weighted by Gasteiger charge is -2.05. The predicted molar refractivity (Wildman–Crippen MR) is 62.8 cm³/mol. The second kappa shape index (κ2) is 6.06. The van der Waals surface area contributed by atoms with Crippen LogP contribution in [-0.4, -0.2) is 13.2 Å². The zero-order valence-electron chi connectivity index (χ0n) is 7.54. The number of benzene rings is 1. The van der Waals surface area contributed by atoms with Crippen molar-refractivity contribution in [2.24, 2.45) is 5.73 Å². The number of halogens is 2. The van der Waals surface area contributed by atoms with Crippen LogP contribution in [0.3, 0.4) is 0 Å². The third kappa shape index (κ3) is 3.70. The van der Waals surface area contributed by atoms with Crippen LogP contribution in [0.15, 0.2) is 34.8 Å². The van der Waals surface area contributed by atoms with Gasteiger partial charge in [0.15, 0.2) is 0 Å². The van der Waals surface area contributed by atoms with E-state index >= 15 is 0 Å².